The topological polar surface area (TPSA) is 40.6 Å². The van der Waals surface area contributed by atoms with Crippen LogP contribution >= 0.6 is 0 Å². The van der Waals surface area contributed by atoms with Gasteiger partial charge in [-0.3, -0.25) is 9.59 Å². The molecule has 4 nitrogen and oxygen atoms in total. The predicted octanol–water partition coefficient (Wildman–Crippen LogP) is 2.71. The number of hydrogen-bond donors (Lipinski definition) is 0. The van der Waals surface area contributed by atoms with Crippen LogP contribution in [-0.4, -0.2) is 36.3 Å². The highest BCUT2D eigenvalue weighted by molar-refractivity contribution is 6.08. The number of likely N-dealkylation sites (tertiary alicyclic amines) is 1. The molecule has 1 spiro atoms. The number of para-hydroxylation sites is 1. The SMILES string of the molecule is CCCC(=O)N1CCC2(CC1)C(=O)N(CC)c1ccccc12. The zero-order valence-electron chi connectivity index (χ0n) is 13.5. The maximum Gasteiger partial charge on any atom is 0.237 e. The average molecular weight is 300 g/mol. The monoisotopic (exact) mass is 300 g/mol. The van der Waals surface area contributed by atoms with Crippen molar-refractivity contribution >= 4 is 17.5 Å². The minimum Gasteiger partial charge on any atom is -0.343 e. The van der Waals surface area contributed by atoms with Gasteiger partial charge >= 0.3 is 0 Å². The van der Waals surface area contributed by atoms with Crippen LogP contribution in [0.4, 0.5) is 5.69 Å². The van der Waals surface area contributed by atoms with E-state index in [2.05, 4.69) is 6.07 Å². The first kappa shape index (κ1) is 15.1. The van der Waals surface area contributed by atoms with E-state index >= 15 is 0 Å². The van der Waals surface area contributed by atoms with Gasteiger partial charge in [-0.2, -0.15) is 0 Å². The fraction of sp³-hybridized carbons (Fsp3) is 0.556. The predicted molar refractivity (Wildman–Crippen MR) is 86.9 cm³/mol. The molecule has 22 heavy (non-hydrogen) atoms. The number of amides is 2. The molecule has 2 aliphatic rings. The molecule has 2 aliphatic heterocycles. The van der Waals surface area contributed by atoms with E-state index in [9.17, 15) is 9.59 Å². The molecular formula is C18H24N2O2. The Hall–Kier alpha value is -1.84. The molecule has 0 saturated carbocycles. The summed E-state index contributed by atoms with van der Waals surface area (Å²) in [6.07, 6.45) is 2.98. The van der Waals surface area contributed by atoms with Crippen molar-refractivity contribution in [2.24, 2.45) is 0 Å². The third kappa shape index (κ3) is 2.13. The number of nitrogens with zero attached hydrogens (tertiary/aromatic N) is 2. The van der Waals surface area contributed by atoms with Crippen molar-refractivity contribution in [3.05, 3.63) is 29.8 Å². The van der Waals surface area contributed by atoms with Gasteiger partial charge in [-0.15, -0.1) is 0 Å². The maximum atomic E-state index is 13.0. The van der Waals surface area contributed by atoms with Crippen molar-refractivity contribution in [3.8, 4) is 0 Å². The zero-order chi connectivity index (χ0) is 15.7. The van der Waals surface area contributed by atoms with Crippen LogP contribution in [0.5, 0.6) is 0 Å². The van der Waals surface area contributed by atoms with Crippen LogP contribution in [0.1, 0.15) is 45.1 Å². The van der Waals surface area contributed by atoms with Gasteiger partial charge in [-0.05, 0) is 37.8 Å². The second-order valence-electron chi connectivity index (χ2n) is 6.28. The van der Waals surface area contributed by atoms with Crippen molar-refractivity contribution in [2.75, 3.05) is 24.5 Å². The lowest BCUT2D eigenvalue weighted by Gasteiger charge is -2.38. The molecule has 4 heteroatoms. The molecule has 1 saturated heterocycles. The van der Waals surface area contributed by atoms with Crippen molar-refractivity contribution in [3.63, 3.8) is 0 Å². The molecule has 0 atom stereocenters. The number of likely N-dealkylation sites (N-methyl/N-ethyl adjacent to an activating group) is 1. The summed E-state index contributed by atoms with van der Waals surface area (Å²) in [5.41, 5.74) is 1.81. The Morgan fingerprint density at radius 3 is 2.50 bits per heavy atom. The lowest BCUT2D eigenvalue weighted by molar-refractivity contribution is -0.135. The molecule has 1 aromatic carbocycles. The summed E-state index contributed by atoms with van der Waals surface area (Å²) < 4.78 is 0. The minimum absolute atomic E-state index is 0.221. The average Bonchev–Trinajstić information content (AvgIpc) is 2.77. The van der Waals surface area contributed by atoms with Crippen molar-refractivity contribution in [1.29, 1.82) is 0 Å². The Morgan fingerprint density at radius 1 is 1.18 bits per heavy atom. The number of carbonyl (C=O) groups excluding carboxylic acids is 2. The Balaban J connectivity index is 1.86. The quantitative estimate of drug-likeness (QED) is 0.861. The summed E-state index contributed by atoms with van der Waals surface area (Å²) in [4.78, 5) is 28.9. The summed E-state index contributed by atoms with van der Waals surface area (Å²) >= 11 is 0. The maximum absolute atomic E-state index is 13.0. The van der Waals surface area contributed by atoms with Crippen LogP contribution in [0.2, 0.25) is 0 Å². The van der Waals surface area contributed by atoms with E-state index in [-0.39, 0.29) is 11.8 Å². The van der Waals surface area contributed by atoms with Gasteiger partial charge in [-0.1, -0.05) is 25.1 Å². The second-order valence-corrected chi connectivity index (χ2v) is 6.28. The lowest BCUT2D eigenvalue weighted by Crippen LogP contribution is -2.50. The third-order valence-electron chi connectivity index (χ3n) is 5.11. The number of rotatable bonds is 3. The molecule has 0 aliphatic carbocycles. The smallest absolute Gasteiger partial charge is 0.237 e. The molecule has 2 heterocycles. The Kier molecular flexibility index (Phi) is 3.94. The molecule has 1 fully saturated rings. The fourth-order valence-electron chi connectivity index (χ4n) is 3.90. The van der Waals surface area contributed by atoms with E-state index in [0.717, 1.165) is 30.5 Å². The molecule has 118 valence electrons. The molecule has 0 N–H and O–H groups in total. The molecular weight excluding hydrogens is 276 g/mol. The third-order valence-corrected chi connectivity index (χ3v) is 5.11. The number of carbonyl (C=O) groups is 2. The molecule has 0 radical (unpaired) electrons. The van der Waals surface area contributed by atoms with E-state index < -0.39 is 5.41 Å². The highest BCUT2D eigenvalue weighted by atomic mass is 16.2. The summed E-state index contributed by atoms with van der Waals surface area (Å²) in [5, 5.41) is 0. The first-order valence-electron chi connectivity index (χ1n) is 8.33. The largest absolute Gasteiger partial charge is 0.343 e. The van der Waals surface area contributed by atoms with E-state index in [1.165, 1.54) is 0 Å². The van der Waals surface area contributed by atoms with Crippen LogP contribution < -0.4 is 4.90 Å². The fourth-order valence-corrected chi connectivity index (χ4v) is 3.90. The molecule has 0 aromatic heterocycles. The van der Waals surface area contributed by atoms with Gasteiger partial charge in [0.1, 0.15) is 0 Å². The van der Waals surface area contributed by atoms with Gasteiger partial charge < -0.3 is 9.80 Å². The molecule has 3 rings (SSSR count). The van der Waals surface area contributed by atoms with E-state index in [4.69, 9.17) is 0 Å². The Morgan fingerprint density at radius 2 is 1.86 bits per heavy atom. The van der Waals surface area contributed by atoms with Gasteiger partial charge in [0.05, 0.1) is 5.41 Å². The minimum atomic E-state index is -0.407. The molecule has 0 unspecified atom stereocenters. The number of fused-ring (bicyclic) bond motifs is 2. The van der Waals surface area contributed by atoms with E-state index in [0.29, 0.717) is 26.1 Å². The summed E-state index contributed by atoms with van der Waals surface area (Å²) in [5.74, 6) is 0.446. The van der Waals surface area contributed by atoms with E-state index in [1.54, 1.807) is 0 Å². The number of benzene rings is 1. The van der Waals surface area contributed by atoms with Crippen molar-refractivity contribution in [2.45, 2.75) is 44.9 Å². The van der Waals surface area contributed by atoms with Gasteiger partial charge in [0.2, 0.25) is 11.8 Å². The Labute approximate surface area is 132 Å². The van der Waals surface area contributed by atoms with Crippen LogP contribution in [0, 0.1) is 0 Å². The van der Waals surface area contributed by atoms with Crippen LogP contribution in [0.25, 0.3) is 0 Å². The zero-order valence-corrected chi connectivity index (χ0v) is 13.5. The van der Waals surface area contributed by atoms with Gasteiger partial charge in [-0.25, -0.2) is 0 Å². The second kappa shape index (κ2) is 5.75. The lowest BCUT2D eigenvalue weighted by atomic mass is 9.73. The summed E-state index contributed by atoms with van der Waals surface area (Å²) in [6.45, 7) is 6.13. The molecule has 2 amide bonds. The molecule has 0 bridgehead atoms. The Bertz CT molecular complexity index is 589. The van der Waals surface area contributed by atoms with Crippen LogP contribution in [0.15, 0.2) is 24.3 Å². The number of hydrogen-bond acceptors (Lipinski definition) is 2. The van der Waals surface area contributed by atoms with E-state index in [1.807, 2.05) is 41.8 Å². The van der Waals surface area contributed by atoms with Gasteiger partial charge in [0, 0.05) is 31.7 Å². The first-order chi connectivity index (χ1) is 10.6. The molecule has 1 aromatic rings. The summed E-state index contributed by atoms with van der Waals surface area (Å²) in [7, 11) is 0. The first-order valence-corrected chi connectivity index (χ1v) is 8.33. The number of piperidine rings is 1. The van der Waals surface area contributed by atoms with Gasteiger partial charge in [0.25, 0.3) is 0 Å². The van der Waals surface area contributed by atoms with Crippen molar-refractivity contribution < 1.29 is 9.59 Å². The van der Waals surface area contributed by atoms with Crippen LogP contribution in [0.3, 0.4) is 0 Å². The number of anilines is 1. The highest BCUT2D eigenvalue weighted by Crippen LogP contribution is 2.47. The standard InChI is InChI=1S/C18H24N2O2/c1-3-7-16(21)19-12-10-18(11-13-19)14-8-5-6-9-15(14)20(4-2)17(18)22/h5-6,8-9H,3-4,7,10-13H2,1-2H3. The highest BCUT2D eigenvalue weighted by Gasteiger charge is 2.51. The summed E-state index contributed by atoms with van der Waals surface area (Å²) in [6, 6.07) is 8.14. The van der Waals surface area contributed by atoms with Gasteiger partial charge in [0.15, 0.2) is 0 Å². The van der Waals surface area contributed by atoms with Crippen molar-refractivity contribution in [1.82, 2.24) is 4.90 Å². The normalized spacial score (nSPS) is 19.6. The van der Waals surface area contributed by atoms with Crippen LogP contribution in [-0.2, 0) is 15.0 Å².